The van der Waals surface area contributed by atoms with E-state index in [1.807, 2.05) is 0 Å². The van der Waals surface area contributed by atoms with E-state index in [9.17, 15) is 24.3 Å². The van der Waals surface area contributed by atoms with Crippen molar-refractivity contribution in [2.75, 3.05) is 65.6 Å². The second kappa shape index (κ2) is 15.8. The highest BCUT2D eigenvalue weighted by atomic mass is 79.9. The topological polar surface area (TPSA) is 138 Å². The van der Waals surface area contributed by atoms with Crippen LogP contribution in [0.15, 0.2) is 25.3 Å². The van der Waals surface area contributed by atoms with Crippen molar-refractivity contribution in [1.29, 1.82) is 0 Å². The molecule has 4 heterocycles. The number of halogens is 1. The van der Waals surface area contributed by atoms with Crippen LogP contribution in [0.1, 0.15) is 39.0 Å². The third kappa shape index (κ3) is 7.38. The van der Waals surface area contributed by atoms with Crippen LogP contribution in [0.5, 0.6) is 0 Å². The van der Waals surface area contributed by atoms with Gasteiger partial charge in [0.1, 0.15) is 17.7 Å². The second-order valence-corrected chi connectivity index (χ2v) is 13.2. The standard InChI is InChI=1S/C31H47BrN4O8/c1-4-6-9-23(38)33-20-21(3)43-30(41)24-25-28(39)36(11-7-8-16-37)27(31(25)19-22(32)26(24)44-31)29(40)35(10-5-2)13-12-34-14-17-42-18-15-34/h4-5,21-22,24-27,37H,1-2,6-20H2,3H3,(H,33,38)/t21-,22?,24+,25-,26+,27+,31-/m1/s1. The molecule has 0 saturated carbocycles. The minimum atomic E-state index is -1.20. The Morgan fingerprint density at radius 3 is 2.66 bits per heavy atom. The fraction of sp³-hybridized carbons (Fsp3) is 0.742. The molecule has 1 unspecified atom stereocenters. The maximum Gasteiger partial charge on any atom is 0.312 e. The molecule has 13 heteroatoms. The Kier molecular flexibility index (Phi) is 12.4. The number of amides is 3. The van der Waals surface area contributed by atoms with Crippen LogP contribution in [0.3, 0.4) is 0 Å². The van der Waals surface area contributed by atoms with E-state index < -0.39 is 41.7 Å². The average Bonchev–Trinajstić information content (AvgIpc) is 3.60. The molecule has 4 aliphatic rings. The Morgan fingerprint density at radius 2 is 1.98 bits per heavy atom. The number of aliphatic hydroxyl groups excluding tert-OH is 1. The Hall–Kier alpha value is -2.32. The second-order valence-electron chi connectivity index (χ2n) is 12.0. The highest BCUT2D eigenvalue weighted by molar-refractivity contribution is 9.09. The number of esters is 1. The zero-order valence-electron chi connectivity index (χ0n) is 25.7. The van der Waals surface area contributed by atoms with Crippen LogP contribution in [0.25, 0.3) is 0 Å². The summed E-state index contributed by atoms with van der Waals surface area (Å²) in [6.45, 7) is 13.8. The number of ether oxygens (including phenoxy) is 3. The van der Waals surface area contributed by atoms with Crippen molar-refractivity contribution >= 4 is 39.6 Å². The molecule has 0 aliphatic carbocycles. The molecule has 0 aromatic rings. The minimum absolute atomic E-state index is 0.0314. The summed E-state index contributed by atoms with van der Waals surface area (Å²) < 4.78 is 17.8. The van der Waals surface area contributed by atoms with Crippen molar-refractivity contribution in [1.82, 2.24) is 20.0 Å². The monoisotopic (exact) mass is 682 g/mol. The molecule has 3 amide bonds. The van der Waals surface area contributed by atoms with Crippen LogP contribution in [-0.4, -0.2) is 138 Å². The molecule has 2 bridgehead atoms. The van der Waals surface area contributed by atoms with E-state index >= 15 is 0 Å². The Bertz CT molecular complexity index is 1070. The average molecular weight is 684 g/mol. The fourth-order valence-corrected chi connectivity index (χ4v) is 7.86. The summed E-state index contributed by atoms with van der Waals surface area (Å²) >= 11 is 3.69. The first-order chi connectivity index (χ1) is 21.2. The molecule has 1 spiro atoms. The lowest BCUT2D eigenvalue weighted by molar-refractivity contribution is -0.159. The lowest BCUT2D eigenvalue weighted by Gasteiger charge is -2.38. The summed E-state index contributed by atoms with van der Waals surface area (Å²) in [4.78, 5) is 59.6. The van der Waals surface area contributed by atoms with Crippen molar-refractivity contribution in [2.24, 2.45) is 11.8 Å². The van der Waals surface area contributed by atoms with Gasteiger partial charge >= 0.3 is 5.97 Å². The number of allylic oxidation sites excluding steroid dienone is 1. The maximum absolute atomic E-state index is 14.4. The van der Waals surface area contributed by atoms with E-state index in [0.29, 0.717) is 65.0 Å². The number of morpholine rings is 1. The maximum atomic E-state index is 14.4. The van der Waals surface area contributed by atoms with E-state index in [-0.39, 0.29) is 42.2 Å². The molecule has 44 heavy (non-hydrogen) atoms. The largest absolute Gasteiger partial charge is 0.460 e. The minimum Gasteiger partial charge on any atom is -0.460 e. The van der Waals surface area contributed by atoms with Gasteiger partial charge in [0, 0.05) is 57.1 Å². The van der Waals surface area contributed by atoms with Crippen molar-refractivity contribution in [3.8, 4) is 0 Å². The first-order valence-electron chi connectivity index (χ1n) is 15.7. The van der Waals surface area contributed by atoms with Crippen LogP contribution < -0.4 is 5.32 Å². The number of nitrogens with zero attached hydrogens (tertiary/aromatic N) is 3. The lowest BCUT2D eigenvalue weighted by atomic mass is 9.70. The summed E-state index contributed by atoms with van der Waals surface area (Å²) in [6.07, 6.45) is 4.29. The number of rotatable bonds is 17. The van der Waals surface area contributed by atoms with Gasteiger partial charge in [0.25, 0.3) is 0 Å². The number of aliphatic hydroxyl groups is 1. The van der Waals surface area contributed by atoms with Crippen molar-refractivity contribution in [2.45, 2.75) is 67.7 Å². The number of likely N-dealkylation sites (tertiary alicyclic amines) is 1. The zero-order valence-corrected chi connectivity index (χ0v) is 27.3. The molecule has 12 nitrogen and oxygen atoms in total. The third-order valence-electron chi connectivity index (χ3n) is 9.03. The lowest BCUT2D eigenvalue weighted by Crippen LogP contribution is -2.57. The molecule has 4 saturated heterocycles. The summed E-state index contributed by atoms with van der Waals surface area (Å²) in [5, 5.41) is 12.2. The van der Waals surface area contributed by atoms with Gasteiger partial charge in [0.15, 0.2) is 0 Å². The summed E-state index contributed by atoms with van der Waals surface area (Å²) in [6, 6.07) is -0.923. The summed E-state index contributed by atoms with van der Waals surface area (Å²) in [5.41, 5.74) is -1.20. The molecule has 4 rings (SSSR count). The molecule has 0 aromatic heterocycles. The van der Waals surface area contributed by atoms with Gasteiger partial charge in [0.2, 0.25) is 17.7 Å². The van der Waals surface area contributed by atoms with Crippen LogP contribution >= 0.6 is 15.9 Å². The van der Waals surface area contributed by atoms with E-state index in [1.54, 1.807) is 28.9 Å². The molecule has 246 valence electrons. The highest BCUT2D eigenvalue weighted by Crippen LogP contribution is 2.60. The van der Waals surface area contributed by atoms with E-state index in [0.717, 1.165) is 13.1 Å². The Morgan fingerprint density at radius 1 is 1.23 bits per heavy atom. The molecule has 0 radical (unpaired) electrons. The van der Waals surface area contributed by atoms with Crippen LogP contribution in [0, 0.1) is 11.8 Å². The van der Waals surface area contributed by atoms with Crippen molar-refractivity contribution in [3.05, 3.63) is 25.3 Å². The van der Waals surface area contributed by atoms with Gasteiger partial charge in [0.05, 0.1) is 37.7 Å². The molecule has 0 aromatic carbocycles. The molecule has 2 N–H and O–H groups in total. The number of fused-ring (bicyclic) bond motifs is 1. The molecule has 4 fully saturated rings. The summed E-state index contributed by atoms with van der Waals surface area (Å²) in [5.74, 6) is -3.06. The molecule has 4 aliphatic heterocycles. The van der Waals surface area contributed by atoms with Crippen LogP contribution in [0.2, 0.25) is 0 Å². The number of alkyl halides is 1. The number of hydrogen-bond acceptors (Lipinski definition) is 9. The Labute approximate surface area is 268 Å². The smallest absolute Gasteiger partial charge is 0.312 e. The number of hydrogen-bond donors (Lipinski definition) is 2. The van der Waals surface area contributed by atoms with Gasteiger partial charge in [-0.25, -0.2) is 0 Å². The van der Waals surface area contributed by atoms with Gasteiger partial charge in [-0.1, -0.05) is 28.1 Å². The van der Waals surface area contributed by atoms with Crippen molar-refractivity contribution < 1.29 is 38.5 Å². The van der Waals surface area contributed by atoms with Crippen LogP contribution in [0.4, 0.5) is 0 Å². The van der Waals surface area contributed by atoms with Crippen molar-refractivity contribution in [3.63, 3.8) is 0 Å². The molecular weight excluding hydrogens is 636 g/mol. The SMILES string of the molecule is C=CCCC(=O)NC[C@@H](C)OC(=O)[C@@H]1[C@H]2O[C@@]3(CC2Br)[C@H](C(=O)N(CC=C)CCN2CCOCC2)N(CCCCO)C(=O)[C@@H]13. The summed E-state index contributed by atoms with van der Waals surface area (Å²) in [7, 11) is 0. The predicted molar refractivity (Wildman–Crippen MR) is 166 cm³/mol. The van der Waals surface area contributed by atoms with Gasteiger partial charge in [-0.3, -0.25) is 24.1 Å². The normalized spacial score (nSPS) is 30.1. The molecule has 7 atom stereocenters. The van der Waals surface area contributed by atoms with E-state index in [1.165, 1.54) is 0 Å². The number of nitrogens with one attached hydrogen (secondary N) is 1. The van der Waals surface area contributed by atoms with Gasteiger partial charge in [-0.15, -0.1) is 13.2 Å². The Balaban J connectivity index is 1.55. The number of carbonyl (C=O) groups excluding carboxylic acids is 4. The predicted octanol–water partition coefficient (Wildman–Crippen LogP) is 0.868. The number of carbonyl (C=O) groups is 4. The fourth-order valence-electron chi connectivity index (χ4n) is 6.92. The third-order valence-corrected chi connectivity index (χ3v) is 9.88. The highest BCUT2D eigenvalue weighted by Gasteiger charge is 2.77. The van der Waals surface area contributed by atoms with Gasteiger partial charge in [-0.05, 0) is 32.6 Å². The van der Waals surface area contributed by atoms with Gasteiger partial charge < -0.3 is 34.4 Å². The molecular formula is C31H47BrN4O8. The van der Waals surface area contributed by atoms with Crippen LogP contribution in [-0.2, 0) is 33.4 Å². The van der Waals surface area contributed by atoms with E-state index in [4.69, 9.17) is 14.2 Å². The van der Waals surface area contributed by atoms with E-state index in [2.05, 4.69) is 39.3 Å². The first-order valence-corrected chi connectivity index (χ1v) is 16.6. The first kappa shape index (κ1) is 34.6. The quantitative estimate of drug-likeness (QED) is 0.0991. The van der Waals surface area contributed by atoms with Gasteiger partial charge in [-0.2, -0.15) is 0 Å². The number of unbranched alkanes of at least 4 members (excludes halogenated alkanes) is 1. The zero-order chi connectivity index (χ0) is 31.9.